The zero-order valence-electron chi connectivity index (χ0n) is 15.3. The summed E-state index contributed by atoms with van der Waals surface area (Å²) in [4.78, 5) is 0. The van der Waals surface area contributed by atoms with Gasteiger partial charge in [-0.1, -0.05) is 88.4 Å². The van der Waals surface area contributed by atoms with Crippen molar-refractivity contribution in [2.45, 2.75) is 38.5 Å². The second-order valence-corrected chi connectivity index (χ2v) is 20.1. The van der Waals surface area contributed by atoms with Crippen molar-refractivity contribution in [2.75, 3.05) is 13.2 Å². The first-order valence-corrected chi connectivity index (χ1v) is 18.1. The molecule has 0 aromatic heterocycles. The zero-order valence-corrected chi connectivity index (χ0v) is 21.2. The molecule has 138 valence electrons. The van der Waals surface area contributed by atoms with Crippen LogP contribution in [0.25, 0.3) is 0 Å². The van der Waals surface area contributed by atoms with Gasteiger partial charge in [-0.2, -0.15) is 0 Å². The average molecular weight is 602 g/mol. The monoisotopic (exact) mass is 602 g/mol. The van der Waals surface area contributed by atoms with Gasteiger partial charge >= 0.3 is 50.0 Å². The molecule has 0 aliphatic heterocycles. The summed E-state index contributed by atoms with van der Waals surface area (Å²) in [5.41, 5.74) is 2.15. The van der Waals surface area contributed by atoms with Crippen LogP contribution >= 0.6 is 38.4 Å². The number of hydrogen-bond acceptors (Lipinski definition) is 2. The third kappa shape index (κ3) is 10.4. The molecule has 0 saturated carbocycles. The summed E-state index contributed by atoms with van der Waals surface area (Å²) in [6.45, 7) is 8.50. The van der Waals surface area contributed by atoms with Crippen molar-refractivity contribution in [2.24, 2.45) is 0 Å². The Hall–Kier alpha value is 0.534. The molecule has 0 bridgehead atoms. The maximum atomic E-state index is 9.05. The van der Waals surface area contributed by atoms with E-state index in [1.54, 1.807) is 0 Å². The van der Waals surface area contributed by atoms with Gasteiger partial charge in [0.15, 0.2) is 0 Å². The van der Waals surface area contributed by atoms with Crippen molar-refractivity contribution in [1.82, 2.24) is 0 Å². The molecule has 0 radical (unpaired) electrons. The molecule has 5 heteroatoms. The third-order valence-electron chi connectivity index (χ3n) is 3.90. The molecule has 2 aromatic carbocycles. The Morgan fingerprint density at radius 1 is 0.680 bits per heavy atom. The van der Waals surface area contributed by atoms with Crippen LogP contribution in [0, 0.1) is 0 Å². The van der Waals surface area contributed by atoms with E-state index in [-0.39, 0.29) is 24.0 Å². The minimum absolute atomic E-state index is 0.110. The Kier molecular flexibility index (Phi) is 14.0. The Bertz CT molecular complexity index is 509. The minimum atomic E-state index is -0.110. The summed E-state index contributed by atoms with van der Waals surface area (Å²) in [6, 6.07) is 20.1. The predicted octanol–water partition coefficient (Wildman–Crippen LogP) is 5.68. The van der Waals surface area contributed by atoms with Crippen molar-refractivity contribution >= 4 is 38.4 Å². The molecule has 0 unspecified atom stereocenters. The van der Waals surface area contributed by atoms with E-state index in [1.807, 2.05) is 88.4 Å². The molecule has 0 heterocycles. The molecule has 0 atom stereocenters. The Morgan fingerprint density at radius 2 is 0.920 bits per heavy atom. The Labute approximate surface area is 182 Å². The van der Waals surface area contributed by atoms with Gasteiger partial charge in [0.25, 0.3) is 0 Å². The molecule has 25 heavy (non-hydrogen) atoms. The van der Waals surface area contributed by atoms with Crippen molar-refractivity contribution in [3.8, 4) is 0 Å². The van der Waals surface area contributed by atoms with Crippen LogP contribution in [0.15, 0.2) is 60.7 Å². The fourth-order valence-electron chi connectivity index (χ4n) is 1.96. The number of hydrogen-bond donors (Lipinski definition) is 2. The fourth-order valence-corrected chi connectivity index (χ4v) is 1.96. The van der Waals surface area contributed by atoms with Crippen molar-refractivity contribution in [3.05, 3.63) is 71.8 Å². The van der Waals surface area contributed by atoms with Gasteiger partial charge in [-0.3, -0.25) is 0 Å². The molecule has 0 saturated heterocycles. The summed E-state index contributed by atoms with van der Waals surface area (Å²) in [7, 11) is 0. The molecule has 2 rings (SSSR count). The third-order valence-corrected chi connectivity index (χ3v) is 3.90. The predicted molar refractivity (Wildman–Crippen MR) is 121 cm³/mol. The van der Waals surface area contributed by atoms with E-state index >= 15 is 0 Å². The fraction of sp³-hybridized carbons (Fsp3) is 0.400. The first-order chi connectivity index (χ1) is 11.7. The van der Waals surface area contributed by atoms with Crippen LogP contribution in [0.5, 0.6) is 0 Å². The van der Waals surface area contributed by atoms with E-state index in [0.29, 0.717) is 11.7 Å². The normalized spacial score (nSPS) is 10.7. The summed E-state index contributed by atoms with van der Waals surface area (Å²) >= 11 is 5.24. The number of aliphatic hydroxyl groups is 2. The zero-order chi connectivity index (χ0) is 19.3. The number of aliphatic hydroxyl groups excluding tert-OH is 2. The molecular weight excluding hydrogens is 574 g/mol. The summed E-state index contributed by atoms with van der Waals surface area (Å²) < 4.78 is 0. The van der Waals surface area contributed by atoms with E-state index in [1.165, 1.54) is 11.1 Å². The Balaban J connectivity index is 0.000000399. The SMILES string of the molecule is CC(C)(CO)c1ccccc1.CC(C)(CO)c1ccccc1.[I][Ti][I]. The van der Waals surface area contributed by atoms with Crippen molar-refractivity contribution < 1.29 is 21.9 Å². The number of benzene rings is 2. The van der Waals surface area contributed by atoms with E-state index < -0.39 is 0 Å². The molecule has 2 N–H and O–H groups in total. The standard InChI is InChI=1S/2C10H14O.2HI.Ti/c2*1-10(2,8-11)9-6-4-3-5-7-9;;;/h2*3-7,11H,8H2,1-2H3;2*1H;/q;;;;+2/p-2. The number of halogens is 2. The van der Waals surface area contributed by atoms with Gasteiger partial charge < -0.3 is 10.2 Å². The van der Waals surface area contributed by atoms with Crippen LogP contribution in [-0.2, 0) is 22.5 Å². The van der Waals surface area contributed by atoms with E-state index in [0.717, 1.165) is 0 Å². The van der Waals surface area contributed by atoms with Crippen molar-refractivity contribution in [1.29, 1.82) is 0 Å². The van der Waals surface area contributed by atoms with Crippen LogP contribution in [0.4, 0.5) is 0 Å². The Morgan fingerprint density at radius 3 is 1.12 bits per heavy atom. The van der Waals surface area contributed by atoms with Crippen LogP contribution in [0.3, 0.4) is 0 Å². The van der Waals surface area contributed by atoms with Gasteiger partial charge in [-0.15, -0.1) is 0 Å². The molecule has 0 spiro atoms. The molecule has 2 nitrogen and oxygen atoms in total. The first kappa shape index (κ1) is 25.5. The summed E-state index contributed by atoms with van der Waals surface area (Å²) in [5.74, 6) is 0. The average Bonchev–Trinajstić information content (AvgIpc) is 2.64. The first-order valence-electron chi connectivity index (χ1n) is 8.04. The van der Waals surface area contributed by atoms with Gasteiger partial charge in [0.2, 0.25) is 0 Å². The maximum absolute atomic E-state index is 9.05. The van der Waals surface area contributed by atoms with Gasteiger partial charge in [0.05, 0.1) is 13.2 Å². The van der Waals surface area contributed by atoms with E-state index in [9.17, 15) is 0 Å². The topological polar surface area (TPSA) is 40.5 Å². The van der Waals surface area contributed by atoms with Gasteiger partial charge in [-0.25, -0.2) is 0 Å². The van der Waals surface area contributed by atoms with Crippen molar-refractivity contribution in [3.63, 3.8) is 0 Å². The van der Waals surface area contributed by atoms with Crippen LogP contribution in [0.1, 0.15) is 38.8 Å². The second-order valence-electron chi connectivity index (χ2n) is 6.89. The molecule has 2 aromatic rings. The second kappa shape index (κ2) is 13.7. The molecular formula is C20H28I2O2Ti. The van der Waals surface area contributed by atoms with Crippen LogP contribution in [-0.4, -0.2) is 23.4 Å². The molecule has 0 aliphatic rings. The van der Waals surface area contributed by atoms with E-state index in [4.69, 9.17) is 10.2 Å². The van der Waals surface area contributed by atoms with E-state index in [2.05, 4.69) is 38.4 Å². The van der Waals surface area contributed by atoms with Gasteiger partial charge in [-0.05, 0) is 11.1 Å². The summed E-state index contributed by atoms with van der Waals surface area (Å²) in [6.07, 6.45) is 0. The van der Waals surface area contributed by atoms with Gasteiger partial charge in [0, 0.05) is 10.8 Å². The molecule has 0 fully saturated rings. The molecule has 0 amide bonds. The quantitative estimate of drug-likeness (QED) is 0.350. The summed E-state index contributed by atoms with van der Waals surface area (Å²) in [5, 5.41) is 18.1. The number of rotatable bonds is 4. The van der Waals surface area contributed by atoms with Crippen LogP contribution < -0.4 is 0 Å². The van der Waals surface area contributed by atoms with Gasteiger partial charge in [0.1, 0.15) is 0 Å². The van der Waals surface area contributed by atoms with Crippen LogP contribution in [0.2, 0.25) is 0 Å². The molecule has 0 aliphatic carbocycles.